The van der Waals surface area contributed by atoms with Gasteiger partial charge in [-0.05, 0) is 18.6 Å². The minimum Gasteiger partial charge on any atom is -0.384 e. The van der Waals surface area contributed by atoms with Crippen molar-refractivity contribution in [2.75, 3.05) is 5.73 Å². The third-order valence-electron chi connectivity index (χ3n) is 3.54. The van der Waals surface area contributed by atoms with Gasteiger partial charge < -0.3 is 10.3 Å². The predicted octanol–water partition coefficient (Wildman–Crippen LogP) is 2.49. The molecule has 0 aliphatic carbocycles. The van der Waals surface area contributed by atoms with E-state index in [1.807, 2.05) is 31.3 Å². The zero-order chi connectivity index (χ0) is 14.8. The van der Waals surface area contributed by atoms with Crippen LogP contribution in [0.5, 0.6) is 0 Å². The lowest BCUT2D eigenvalue weighted by molar-refractivity contribution is 0.794. The smallest absolute Gasteiger partial charge is 0.130 e. The zero-order valence-electron chi connectivity index (χ0n) is 12.4. The van der Waals surface area contributed by atoms with Gasteiger partial charge in [-0.15, -0.1) is 0 Å². The van der Waals surface area contributed by atoms with Crippen molar-refractivity contribution in [2.24, 2.45) is 7.05 Å². The van der Waals surface area contributed by atoms with Gasteiger partial charge in [0.1, 0.15) is 17.5 Å². The van der Waals surface area contributed by atoms with Crippen molar-refractivity contribution in [1.29, 1.82) is 0 Å². The Morgan fingerprint density at radius 2 is 1.95 bits per heavy atom. The highest BCUT2D eigenvalue weighted by molar-refractivity contribution is 5.75. The normalized spacial score (nSPS) is 11.1. The van der Waals surface area contributed by atoms with Gasteiger partial charge in [-0.3, -0.25) is 0 Å². The zero-order valence-corrected chi connectivity index (χ0v) is 12.4. The van der Waals surface area contributed by atoms with Crippen molar-refractivity contribution < 1.29 is 0 Å². The number of nitrogens with two attached hydrogens (primary N) is 1. The standard InChI is InChI=1S/C16H19N5/c1-3-6-15-18-11(9-14(17)20-15)10-16-19-12-7-4-5-8-13(12)21(16)2/h4-5,7-9H,3,6,10H2,1-2H3,(H2,17,18,20). The topological polar surface area (TPSA) is 69.6 Å². The molecule has 108 valence electrons. The van der Waals surface area contributed by atoms with Crippen LogP contribution in [-0.4, -0.2) is 19.5 Å². The number of hydrogen-bond donors (Lipinski definition) is 1. The van der Waals surface area contributed by atoms with E-state index in [4.69, 9.17) is 5.73 Å². The number of aromatic nitrogens is 4. The third kappa shape index (κ3) is 2.72. The van der Waals surface area contributed by atoms with Gasteiger partial charge in [-0.2, -0.15) is 0 Å². The Kier molecular flexibility index (Phi) is 3.56. The highest BCUT2D eigenvalue weighted by atomic mass is 15.1. The summed E-state index contributed by atoms with van der Waals surface area (Å²) >= 11 is 0. The molecule has 0 aliphatic heterocycles. The minimum atomic E-state index is 0.530. The number of nitrogens with zero attached hydrogens (tertiary/aromatic N) is 4. The second-order valence-corrected chi connectivity index (χ2v) is 5.20. The number of para-hydroxylation sites is 2. The summed E-state index contributed by atoms with van der Waals surface area (Å²) in [6.07, 6.45) is 2.52. The van der Waals surface area contributed by atoms with Gasteiger partial charge in [0.15, 0.2) is 0 Å². The summed E-state index contributed by atoms with van der Waals surface area (Å²) in [5.41, 5.74) is 8.93. The second-order valence-electron chi connectivity index (χ2n) is 5.20. The van der Waals surface area contributed by atoms with Crippen LogP contribution < -0.4 is 5.73 Å². The molecule has 21 heavy (non-hydrogen) atoms. The molecule has 2 heterocycles. The molecule has 0 bridgehead atoms. The molecule has 0 aliphatic rings. The average molecular weight is 281 g/mol. The molecule has 5 nitrogen and oxygen atoms in total. The van der Waals surface area contributed by atoms with Gasteiger partial charge in [0.25, 0.3) is 0 Å². The number of hydrogen-bond acceptors (Lipinski definition) is 4. The lowest BCUT2D eigenvalue weighted by Crippen LogP contribution is -2.06. The van der Waals surface area contributed by atoms with E-state index in [-0.39, 0.29) is 0 Å². The highest BCUT2D eigenvalue weighted by Gasteiger charge is 2.10. The number of anilines is 1. The Hall–Kier alpha value is -2.43. The van der Waals surface area contributed by atoms with Crippen LogP contribution in [-0.2, 0) is 19.9 Å². The Morgan fingerprint density at radius 1 is 1.14 bits per heavy atom. The molecule has 5 heteroatoms. The minimum absolute atomic E-state index is 0.530. The van der Waals surface area contributed by atoms with Gasteiger partial charge in [0, 0.05) is 26.0 Å². The van der Waals surface area contributed by atoms with Crippen LogP contribution in [0.15, 0.2) is 30.3 Å². The molecule has 0 amide bonds. The first kappa shape index (κ1) is 13.5. The summed E-state index contributed by atoms with van der Waals surface area (Å²) in [6, 6.07) is 9.95. The Morgan fingerprint density at radius 3 is 2.71 bits per heavy atom. The third-order valence-corrected chi connectivity index (χ3v) is 3.54. The number of rotatable bonds is 4. The van der Waals surface area contributed by atoms with Crippen LogP contribution in [0.1, 0.15) is 30.7 Å². The van der Waals surface area contributed by atoms with Gasteiger partial charge in [-0.1, -0.05) is 19.1 Å². The molecule has 2 aromatic heterocycles. The number of fused-ring (bicyclic) bond motifs is 1. The Balaban J connectivity index is 1.96. The van der Waals surface area contributed by atoms with Crippen molar-refractivity contribution in [3.8, 4) is 0 Å². The van der Waals surface area contributed by atoms with E-state index in [9.17, 15) is 0 Å². The second kappa shape index (κ2) is 5.52. The fraction of sp³-hybridized carbons (Fsp3) is 0.312. The molecule has 2 N–H and O–H groups in total. The van der Waals surface area contributed by atoms with E-state index in [0.717, 1.165) is 41.2 Å². The lowest BCUT2D eigenvalue weighted by Gasteiger charge is -2.05. The molecular formula is C16H19N5. The molecule has 0 saturated carbocycles. The van der Waals surface area contributed by atoms with Crippen LogP contribution in [0.4, 0.5) is 5.82 Å². The fourth-order valence-electron chi connectivity index (χ4n) is 2.52. The monoisotopic (exact) mass is 281 g/mol. The number of benzene rings is 1. The first-order chi connectivity index (χ1) is 10.2. The number of imidazole rings is 1. The van der Waals surface area contributed by atoms with Crippen molar-refractivity contribution in [3.05, 3.63) is 47.7 Å². The number of aryl methyl sites for hydroxylation is 2. The van der Waals surface area contributed by atoms with E-state index >= 15 is 0 Å². The molecule has 0 saturated heterocycles. The summed E-state index contributed by atoms with van der Waals surface area (Å²) in [7, 11) is 2.03. The van der Waals surface area contributed by atoms with E-state index in [1.165, 1.54) is 0 Å². The lowest BCUT2D eigenvalue weighted by atomic mass is 10.2. The van der Waals surface area contributed by atoms with E-state index in [0.29, 0.717) is 12.2 Å². The Bertz CT molecular complexity index is 775. The molecule has 3 aromatic rings. The Labute approximate surface area is 123 Å². The van der Waals surface area contributed by atoms with Gasteiger partial charge in [0.05, 0.1) is 16.7 Å². The number of nitrogen functional groups attached to an aromatic ring is 1. The molecule has 1 aromatic carbocycles. The summed E-state index contributed by atoms with van der Waals surface area (Å²) < 4.78 is 2.10. The van der Waals surface area contributed by atoms with Gasteiger partial charge in [-0.25, -0.2) is 15.0 Å². The van der Waals surface area contributed by atoms with Crippen LogP contribution in [0.2, 0.25) is 0 Å². The van der Waals surface area contributed by atoms with E-state index in [1.54, 1.807) is 0 Å². The van der Waals surface area contributed by atoms with Crippen LogP contribution in [0, 0.1) is 0 Å². The van der Waals surface area contributed by atoms with Crippen LogP contribution in [0.3, 0.4) is 0 Å². The average Bonchev–Trinajstić information content (AvgIpc) is 2.76. The molecule has 0 radical (unpaired) electrons. The van der Waals surface area contributed by atoms with Gasteiger partial charge >= 0.3 is 0 Å². The molecule has 3 rings (SSSR count). The largest absolute Gasteiger partial charge is 0.384 e. The van der Waals surface area contributed by atoms with Gasteiger partial charge in [0.2, 0.25) is 0 Å². The van der Waals surface area contributed by atoms with Crippen molar-refractivity contribution >= 4 is 16.9 Å². The highest BCUT2D eigenvalue weighted by Crippen LogP contribution is 2.17. The SMILES string of the molecule is CCCc1nc(N)cc(Cc2nc3ccccc3n2C)n1. The quantitative estimate of drug-likeness (QED) is 0.797. The first-order valence-corrected chi connectivity index (χ1v) is 7.20. The fourth-order valence-corrected chi connectivity index (χ4v) is 2.52. The molecule has 0 spiro atoms. The maximum Gasteiger partial charge on any atom is 0.130 e. The summed E-state index contributed by atoms with van der Waals surface area (Å²) in [5.74, 6) is 2.32. The predicted molar refractivity (Wildman–Crippen MR) is 84.0 cm³/mol. The summed E-state index contributed by atoms with van der Waals surface area (Å²) in [5, 5.41) is 0. The first-order valence-electron chi connectivity index (χ1n) is 7.20. The molecule has 0 atom stereocenters. The molecular weight excluding hydrogens is 262 g/mol. The van der Waals surface area contributed by atoms with Crippen molar-refractivity contribution in [1.82, 2.24) is 19.5 Å². The maximum atomic E-state index is 5.88. The van der Waals surface area contributed by atoms with E-state index < -0.39 is 0 Å². The summed E-state index contributed by atoms with van der Waals surface area (Å²) in [6.45, 7) is 2.11. The maximum absolute atomic E-state index is 5.88. The van der Waals surface area contributed by atoms with Crippen molar-refractivity contribution in [2.45, 2.75) is 26.2 Å². The van der Waals surface area contributed by atoms with Crippen LogP contribution >= 0.6 is 0 Å². The molecule has 0 fully saturated rings. The van der Waals surface area contributed by atoms with Crippen molar-refractivity contribution in [3.63, 3.8) is 0 Å². The van der Waals surface area contributed by atoms with E-state index in [2.05, 4.69) is 32.5 Å². The van der Waals surface area contributed by atoms with Crippen LogP contribution in [0.25, 0.3) is 11.0 Å². The summed E-state index contributed by atoms with van der Waals surface area (Å²) in [4.78, 5) is 13.5. The molecule has 0 unspecified atom stereocenters.